The molecular formula is C16H21FN2O2. The molecule has 1 heterocycles. The van der Waals surface area contributed by atoms with Gasteiger partial charge >= 0.3 is 0 Å². The van der Waals surface area contributed by atoms with Crippen LogP contribution in [0.4, 0.5) is 4.39 Å². The van der Waals surface area contributed by atoms with Gasteiger partial charge in [0.1, 0.15) is 17.1 Å². The van der Waals surface area contributed by atoms with E-state index in [4.69, 9.17) is 4.74 Å². The normalized spacial score (nSPS) is 28.0. The summed E-state index contributed by atoms with van der Waals surface area (Å²) in [7, 11) is 1.45. The van der Waals surface area contributed by atoms with Gasteiger partial charge in [0, 0.05) is 6.04 Å². The Morgan fingerprint density at radius 3 is 2.95 bits per heavy atom. The minimum atomic E-state index is -0.539. The highest BCUT2D eigenvalue weighted by Gasteiger charge is 2.34. The highest BCUT2D eigenvalue weighted by molar-refractivity contribution is 5.97. The van der Waals surface area contributed by atoms with Crippen LogP contribution in [0.1, 0.15) is 29.6 Å². The van der Waals surface area contributed by atoms with Gasteiger partial charge in [0.15, 0.2) is 0 Å². The highest BCUT2D eigenvalue weighted by Crippen LogP contribution is 2.33. The summed E-state index contributed by atoms with van der Waals surface area (Å²) in [6.45, 7) is 2.12. The molecular weight excluding hydrogens is 271 g/mol. The zero-order valence-corrected chi connectivity index (χ0v) is 12.2. The monoisotopic (exact) mass is 292 g/mol. The lowest BCUT2D eigenvalue weighted by Crippen LogP contribution is -2.41. The fourth-order valence-electron chi connectivity index (χ4n) is 3.58. The molecule has 1 aliphatic heterocycles. The van der Waals surface area contributed by atoms with Crippen LogP contribution in [-0.2, 0) is 0 Å². The zero-order valence-electron chi connectivity index (χ0n) is 12.2. The number of benzene rings is 1. The van der Waals surface area contributed by atoms with Gasteiger partial charge in [-0.05, 0) is 56.3 Å². The van der Waals surface area contributed by atoms with Crippen molar-refractivity contribution in [3.8, 4) is 5.75 Å². The predicted molar refractivity (Wildman–Crippen MR) is 77.9 cm³/mol. The van der Waals surface area contributed by atoms with Crippen molar-refractivity contribution in [1.29, 1.82) is 0 Å². The van der Waals surface area contributed by atoms with Gasteiger partial charge in [0.25, 0.3) is 5.91 Å². The maximum atomic E-state index is 13.9. The number of amides is 1. The largest absolute Gasteiger partial charge is 0.496 e. The summed E-state index contributed by atoms with van der Waals surface area (Å²) in [5.74, 6) is 0.735. The summed E-state index contributed by atoms with van der Waals surface area (Å²) in [4.78, 5) is 12.4. The van der Waals surface area contributed by atoms with Crippen molar-refractivity contribution in [2.75, 3.05) is 20.2 Å². The Hall–Kier alpha value is -1.62. The molecule has 1 aromatic rings. The molecule has 1 aromatic carbocycles. The predicted octanol–water partition coefficient (Wildman–Crippen LogP) is 1.95. The first-order chi connectivity index (χ1) is 10.2. The summed E-state index contributed by atoms with van der Waals surface area (Å²) in [6, 6.07) is 4.56. The molecule has 0 bridgehead atoms. The number of nitrogens with one attached hydrogen (secondary N) is 2. The number of halogens is 1. The number of hydrogen-bond donors (Lipinski definition) is 2. The third kappa shape index (κ3) is 2.88. The minimum absolute atomic E-state index is 0.00618. The van der Waals surface area contributed by atoms with E-state index in [9.17, 15) is 9.18 Å². The number of carbonyl (C=O) groups excluding carboxylic acids is 1. The van der Waals surface area contributed by atoms with Crippen LogP contribution in [-0.4, -0.2) is 32.1 Å². The molecule has 1 unspecified atom stereocenters. The molecule has 21 heavy (non-hydrogen) atoms. The van der Waals surface area contributed by atoms with Gasteiger partial charge in [-0.1, -0.05) is 6.07 Å². The van der Waals surface area contributed by atoms with Crippen LogP contribution in [0, 0.1) is 17.7 Å². The standard InChI is InChI=1S/C16H21FN2O2/c1-21-14-4-2-3-13(17)15(14)16(20)19-12-6-5-10-8-18-9-11(10)7-12/h2-4,10-12,18H,5-9H2,1H3,(H,19,20)/t10-,11+,12?/m0/s1. The maximum absolute atomic E-state index is 13.9. The van der Waals surface area contributed by atoms with E-state index in [0.717, 1.165) is 38.3 Å². The topological polar surface area (TPSA) is 50.4 Å². The Morgan fingerprint density at radius 2 is 2.14 bits per heavy atom. The number of methoxy groups -OCH3 is 1. The van der Waals surface area contributed by atoms with Crippen molar-refractivity contribution >= 4 is 5.91 Å². The van der Waals surface area contributed by atoms with Gasteiger partial charge in [-0.15, -0.1) is 0 Å². The van der Waals surface area contributed by atoms with Gasteiger partial charge in [0.05, 0.1) is 7.11 Å². The van der Waals surface area contributed by atoms with Gasteiger partial charge in [0.2, 0.25) is 0 Å². The SMILES string of the molecule is COc1cccc(F)c1C(=O)NC1CC[C@H]2CNC[C@H]2C1. The van der Waals surface area contributed by atoms with Crippen molar-refractivity contribution in [2.45, 2.75) is 25.3 Å². The Labute approximate surface area is 124 Å². The second-order valence-corrected chi connectivity index (χ2v) is 5.98. The third-order valence-corrected chi connectivity index (χ3v) is 4.71. The second-order valence-electron chi connectivity index (χ2n) is 5.98. The van der Waals surface area contributed by atoms with E-state index in [1.54, 1.807) is 12.1 Å². The molecule has 5 heteroatoms. The average molecular weight is 292 g/mol. The second kappa shape index (κ2) is 6.02. The molecule has 2 N–H and O–H groups in total. The van der Waals surface area contributed by atoms with Crippen molar-refractivity contribution in [2.24, 2.45) is 11.8 Å². The minimum Gasteiger partial charge on any atom is -0.496 e. The van der Waals surface area contributed by atoms with Crippen LogP contribution in [0.3, 0.4) is 0 Å². The molecule has 3 rings (SSSR count). The van der Waals surface area contributed by atoms with Gasteiger partial charge in [-0.2, -0.15) is 0 Å². The van der Waals surface area contributed by atoms with Crippen LogP contribution >= 0.6 is 0 Å². The van der Waals surface area contributed by atoms with Crippen LogP contribution in [0.5, 0.6) is 5.75 Å². The fourth-order valence-corrected chi connectivity index (χ4v) is 3.58. The van der Waals surface area contributed by atoms with Gasteiger partial charge in [-0.3, -0.25) is 4.79 Å². The van der Waals surface area contributed by atoms with Crippen molar-refractivity contribution in [3.63, 3.8) is 0 Å². The Morgan fingerprint density at radius 1 is 1.33 bits per heavy atom. The summed E-state index contributed by atoms with van der Waals surface area (Å²) in [6.07, 6.45) is 3.06. The molecule has 0 radical (unpaired) electrons. The molecule has 2 aliphatic rings. The van der Waals surface area contributed by atoms with Crippen molar-refractivity contribution < 1.29 is 13.9 Å². The van der Waals surface area contributed by atoms with Crippen LogP contribution in [0.15, 0.2) is 18.2 Å². The van der Waals surface area contributed by atoms with Gasteiger partial charge < -0.3 is 15.4 Å². The first-order valence-electron chi connectivity index (χ1n) is 7.53. The lowest BCUT2D eigenvalue weighted by Gasteiger charge is -2.31. The molecule has 1 saturated carbocycles. The lowest BCUT2D eigenvalue weighted by atomic mass is 9.79. The van der Waals surface area contributed by atoms with Crippen molar-refractivity contribution in [1.82, 2.24) is 10.6 Å². The number of ether oxygens (including phenoxy) is 1. The van der Waals surface area contributed by atoms with Crippen LogP contribution in [0.2, 0.25) is 0 Å². The molecule has 1 aliphatic carbocycles. The fraction of sp³-hybridized carbons (Fsp3) is 0.562. The van der Waals surface area contributed by atoms with E-state index in [1.165, 1.54) is 13.2 Å². The van der Waals surface area contributed by atoms with E-state index in [1.807, 2.05) is 0 Å². The molecule has 1 amide bonds. The number of rotatable bonds is 3. The Balaban J connectivity index is 1.69. The van der Waals surface area contributed by atoms with E-state index < -0.39 is 5.82 Å². The first-order valence-corrected chi connectivity index (χ1v) is 7.53. The Kier molecular flexibility index (Phi) is 4.10. The third-order valence-electron chi connectivity index (χ3n) is 4.71. The smallest absolute Gasteiger partial charge is 0.258 e. The van der Waals surface area contributed by atoms with E-state index in [2.05, 4.69) is 10.6 Å². The number of fused-ring (bicyclic) bond motifs is 1. The van der Waals surface area contributed by atoms with Gasteiger partial charge in [-0.25, -0.2) is 4.39 Å². The van der Waals surface area contributed by atoms with E-state index >= 15 is 0 Å². The quantitative estimate of drug-likeness (QED) is 0.895. The summed E-state index contributed by atoms with van der Waals surface area (Å²) in [5, 5.41) is 6.38. The van der Waals surface area contributed by atoms with Crippen LogP contribution in [0.25, 0.3) is 0 Å². The molecule has 0 aromatic heterocycles. The average Bonchev–Trinajstić information content (AvgIpc) is 2.94. The van der Waals surface area contributed by atoms with Crippen molar-refractivity contribution in [3.05, 3.63) is 29.6 Å². The first kappa shape index (κ1) is 14.3. The van der Waals surface area contributed by atoms with Crippen LogP contribution < -0.4 is 15.4 Å². The number of hydrogen-bond acceptors (Lipinski definition) is 3. The Bertz CT molecular complexity index is 535. The molecule has 114 valence electrons. The molecule has 3 atom stereocenters. The highest BCUT2D eigenvalue weighted by atomic mass is 19.1. The zero-order chi connectivity index (χ0) is 14.8. The van der Waals surface area contributed by atoms with E-state index in [0.29, 0.717) is 5.92 Å². The summed E-state index contributed by atoms with van der Waals surface area (Å²) >= 11 is 0. The maximum Gasteiger partial charge on any atom is 0.258 e. The molecule has 1 saturated heterocycles. The molecule has 2 fully saturated rings. The van der Waals surface area contributed by atoms with E-state index in [-0.39, 0.29) is 23.3 Å². The molecule has 4 nitrogen and oxygen atoms in total. The summed E-state index contributed by atoms with van der Waals surface area (Å²) < 4.78 is 19.0. The lowest BCUT2D eigenvalue weighted by molar-refractivity contribution is 0.0906. The summed E-state index contributed by atoms with van der Waals surface area (Å²) in [5.41, 5.74) is 0.00618. The number of carbonyl (C=O) groups is 1. The molecule has 0 spiro atoms.